The van der Waals surface area contributed by atoms with Gasteiger partial charge in [0.05, 0.1) is 10.6 Å². The van der Waals surface area contributed by atoms with Crippen LogP contribution in [0.4, 0.5) is 17.1 Å². The molecule has 2 rings (SSSR count). The van der Waals surface area contributed by atoms with Gasteiger partial charge in [0, 0.05) is 37.3 Å². The number of hydrogen-bond donors (Lipinski definition) is 1. The fourth-order valence-electron chi connectivity index (χ4n) is 2.42. The molecule has 0 saturated carbocycles. The van der Waals surface area contributed by atoms with Gasteiger partial charge in [0.1, 0.15) is 0 Å². The van der Waals surface area contributed by atoms with Crippen LogP contribution in [0.3, 0.4) is 0 Å². The van der Waals surface area contributed by atoms with E-state index in [-0.39, 0.29) is 11.6 Å². The van der Waals surface area contributed by atoms with Crippen LogP contribution in [0.2, 0.25) is 0 Å². The van der Waals surface area contributed by atoms with Gasteiger partial charge < -0.3 is 10.2 Å². The molecular weight excluding hydrogens is 306 g/mol. The number of nitrogens with one attached hydrogen (secondary N) is 1. The van der Waals surface area contributed by atoms with Crippen LogP contribution in [0.1, 0.15) is 18.9 Å². The van der Waals surface area contributed by atoms with Gasteiger partial charge in [-0.15, -0.1) is 0 Å². The molecule has 24 heavy (non-hydrogen) atoms. The molecule has 0 heterocycles. The third-order valence-electron chi connectivity index (χ3n) is 3.82. The van der Waals surface area contributed by atoms with Gasteiger partial charge in [-0.3, -0.25) is 14.9 Å². The molecule has 2 aromatic carbocycles. The molecule has 0 bridgehead atoms. The minimum absolute atomic E-state index is 0.0321. The number of nitrogens with zero attached hydrogens (tertiary/aromatic N) is 2. The van der Waals surface area contributed by atoms with E-state index in [1.165, 1.54) is 12.1 Å². The maximum atomic E-state index is 12.2. The molecule has 1 N–H and O–H groups in total. The summed E-state index contributed by atoms with van der Waals surface area (Å²) in [5, 5.41) is 13.6. The third kappa shape index (κ3) is 4.55. The van der Waals surface area contributed by atoms with E-state index < -0.39 is 4.92 Å². The lowest BCUT2D eigenvalue weighted by Gasteiger charge is -2.22. The Morgan fingerprint density at radius 1 is 1.21 bits per heavy atom. The first-order valence-corrected chi connectivity index (χ1v) is 7.86. The third-order valence-corrected chi connectivity index (χ3v) is 3.82. The molecule has 6 heteroatoms. The van der Waals surface area contributed by atoms with Gasteiger partial charge in [0.15, 0.2) is 0 Å². The molecule has 6 nitrogen and oxygen atoms in total. The topological polar surface area (TPSA) is 75.5 Å². The van der Waals surface area contributed by atoms with Crippen LogP contribution in [-0.4, -0.2) is 23.9 Å². The second-order valence-corrected chi connectivity index (χ2v) is 5.47. The lowest BCUT2D eigenvalue weighted by molar-refractivity contribution is -0.384. The number of benzene rings is 2. The van der Waals surface area contributed by atoms with E-state index in [9.17, 15) is 14.9 Å². The summed E-state index contributed by atoms with van der Waals surface area (Å²) in [6.07, 6.45) is 0.310. The first-order valence-electron chi connectivity index (χ1n) is 7.86. The summed E-state index contributed by atoms with van der Waals surface area (Å²) in [6, 6.07) is 14.3. The number of anilines is 2. The first kappa shape index (κ1) is 17.5. The van der Waals surface area contributed by atoms with E-state index in [0.29, 0.717) is 18.7 Å². The number of non-ortho nitro benzene ring substituents is 1. The molecule has 0 aliphatic carbocycles. The molecule has 0 radical (unpaired) electrons. The second-order valence-electron chi connectivity index (χ2n) is 5.47. The molecule has 1 amide bonds. The highest BCUT2D eigenvalue weighted by molar-refractivity contribution is 5.92. The highest BCUT2D eigenvalue weighted by Crippen LogP contribution is 2.22. The smallest absolute Gasteiger partial charge is 0.271 e. The highest BCUT2D eigenvalue weighted by Gasteiger charge is 2.12. The van der Waals surface area contributed by atoms with E-state index >= 15 is 0 Å². The van der Waals surface area contributed by atoms with Gasteiger partial charge in [0.25, 0.3) is 5.69 Å². The Hall–Kier alpha value is -2.89. The Bertz CT molecular complexity index is 717. The van der Waals surface area contributed by atoms with Crippen molar-refractivity contribution in [2.45, 2.75) is 20.3 Å². The largest absolute Gasteiger partial charge is 0.371 e. The summed E-state index contributed by atoms with van der Waals surface area (Å²) in [7, 11) is 0. The summed E-state index contributed by atoms with van der Waals surface area (Å²) < 4.78 is 0. The molecule has 0 saturated heterocycles. The quantitative estimate of drug-likeness (QED) is 0.620. The number of hydrogen-bond acceptors (Lipinski definition) is 4. The van der Waals surface area contributed by atoms with Gasteiger partial charge >= 0.3 is 0 Å². The van der Waals surface area contributed by atoms with Crippen molar-refractivity contribution in [3.8, 4) is 0 Å². The van der Waals surface area contributed by atoms with Crippen LogP contribution in [0.25, 0.3) is 0 Å². The van der Waals surface area contributed by atoms with Gasteiger partial charge in [-0.05, 0) is 31.5 Å². The van der Waals surface area contributed by atoms with Crippen molar-refractivity contribution in [2.24, 2.45) is 0 Å². The molecule has 0 atom stereocenters. The van der Waals surface area contributed by atoms with E-state index in [2.05, 4.69) is 10.2 Å². The Labute approximate surface area is 141 Å². The zero-order valence-corrected chi connectivity index (χ0v) is 13.9. The molecule has 0 aromatic heterocycles. The molecule has 0 unspecified atom stereocenters. The molecule has 0 aliphatic rings. The fourth-order valence-corrected chi connectivity index (χ4v) is 2.42. The van der Waals surface area contributed by atoms with Crippen molar-refractivity contribution in [3.05, 3.63) is 64.2 Å². The van der Waals surface area contributed by atoms with E-state index in [1.807, 2.05) is 44.2 Å². The number of nitro benzene ring substituents is 1. The van der Waals surface area contributed by atoms with Crippen molar-refractivity contribution >= 4 is 23.0 Å². The Kier molecular flexibility index (Phi) is 5.89. The average molecular weight is 327 g/mol. The predicted molar refractivity (Wildman–Crippen MR) is 95.4 cm³/mol. The summed E-state index contributed by atoms with van der Waals surface area (Å²) in [5.41, 5.74) is 2.32. The number of nitro groups is 1. The maximum Gasteiger partial charge on any atom is 0.271 e. The minimum atomic E-state index is -0.469. The van der Waals surface area contributed by atoms with Gasteiger partial charge in [0.2, 0.25) is 5.91 Å². The van der Waals surface area contributed by atoms with Crippen LogP contribution in [0.15, 0.2) is 48.5 Å². The van der Waals surface area contributed by atoms with Crippen LogP contribution in [-0.2, 0) is 4.79 Å². The van der Waals surface area contributed by atoms with Crippen molar-refractivity contribution in [1.82, 2.24) is 0 Å². The van der Waals surface area contributed by atoms with Gasteiger partial charge in [-0.2, -0.15) is 0 Å². The van der Waals surface area contributed by atoms with Crippen LogP contribution >= 0.6 is 0 Å². The van der Waals surface area contributed by atoms with E-state index in [0.717, 1.165) is 17.8 Å². The summed E-state index contributed by atoms with van der Waals surface area (Å²) >= 11 is 0. The van der Waals surface area contributed by atoms with E-state index in [4.69, 9.17) is 0 Å². The zero-order chi connectivity index (χ0) is 17.5. The predicted octanol–water partition coefficient (Wildman–Crippen LogP) is 3.76. The molecule has 0 fully saturated rings. The Balaban J connectivity index is 1.98. The fraction of sp³-hybridized carbons (Fsp3) is 0.278. The summed E-state index contributed by atoms with van der Waals surface area (Å²) in [6.45, 7) is 5.23. The summed E-state index contributed by atoms with van der Waals surface area (Å²) in [4.78, 5) is 24.7. The molecule has 0 aliphatic heterocycles. The lowest BCUT2D eigenvalue weighted by atomic mass is 10.1. The number of carbonyl (C=O) groups is 1. The van der Waals surface area contributed by atoms with Crippen molar-refractivity contribution in [1.29, 1.82) is 0 Å². The first-order chi connectivity index (χ1) is 11.5. The van der Waals surface area contributed by atoms with E-state index in [1.54, 1.807) is 6.07 Å². The van der Waals surface area contributed by atoms with Crippen molar-refractivity contribution in [2.75, 3.05) is 23.3 Å². The van der Waals surface area contributed by atoms with Gasteiger partial charge in [-0.25, -0.2) is 0 Å². The van der Waals surface area contributed by atoms with Crippen molar-refractivity contribution < 1.29 is 9.72 Å². The Morgan fingerprint density at radius 3 is 2.54 bits per heavy atom. The second kappa shape index (κ2) is 8.10. The maximum absolute atomic E-state index is 12.2. The number of carbonyl (C=O) groups excluding carboxylic acids is 1. The van der Waals surface area contributed by atoms with Crippen molar-refractivity contribution in [3.63, 3.8) is 0 Å². The monoisotopic (exact) mass is 327 g/mol. The number of amides is 1. The number of para-hydroxylation sites is 1. The normalized spacial score (nSPS) is 10.2. The molecule has 2 aromatic rings. The average Bonchev–Trinajstić information content (AvgIpc) is 2.58. The van der Waals surface area contributed by atoms with Crippen LogP contribution in [0, 0.1) is 17.0 Å². The SMILES string of the molecule is CCN(CCC(=O)Nc1cc([N+](=O)[O-])ccc1C)c1ccccc1. The lowest BCUT2D eigenvalue weighted by Crippen LogP contribution is -2.27. The van der Waals surface area contributed by atoms with Crippen LogP contribution in [0.5, 0.6) is 0 Å². The summed E-state index contributed by atoms with van der Waals surface area (Å²) in [5.74, 6) is -0.159. The molecule has 0 spiro atoms. The molecule has 126 valence electrons. The number of aryl methyl sites for hydroxylation is 1. The highest BCUT2D eigenvalue weighted by atomic mass is 16.6. The zero-order valence-electron chi connectivity index (χ0n) is 13.9. The van der Waals surface area contributed by atoms with Crippen LogP contribution < -0.4 is 10.2 Å². The Morgan fingerprint density at radius 2 is 1.92 bits per heavy atom. The standard InChI is InChI=1S/C18H21N3O3/c1-3-20(15-7-5-4-6-8-15)12-11-18(22)19-17-13-16(21(23)24)10-9-14(17)2/h4-10,13H,3,11-12H2,1-2H3,(H,19,22). The molecular formula is C18H21N3O3. The minimum Gasteiger partial charge on any atom is -0.371 e. The van der Waals surface area contributed by atoms with Gasteiger partial charge in [-0.1, -0.05) is 24.3 Å². The number of rotatable bonds is 7.